The van der Waals surface area contributed by atoms with Gasteiger partial charge >= 0.3 is 0 Å². The summed E-state index contributed by atoms with van der Waals surface area (Å²) in [6.45, 7) is 9.65. The first kappa shape index (κ1) is 25.3. The van der Waals surface area contributed by atoms with Gasteiger partial charge in [-0.05, 0) is 57.9 Å². The standard InChI is InChI=1S/C27H37N3O5/c1-6-34-21-11-9-18(15-22(21)33-5)26-23-24(19-14-17(4)8-10-20(19)31)28-29-25(23)27(32)30(26)12-7-13-35-16(2)3/h8-11,14-16,23-26,28-29,31H,6-7,12-13H2,1-5H3. The van der Waals surface area contributed by atoms with E-state index in [-0.39, 0.29) is 35.8 Å². The molecule has 2 aliphatic rings. The molecule has 0 bridgehead atoms. The Bertz CT molecular complexity index is 1040. The quantitative estimate of drug-likeness (QED) is 0.445. The Labute approximate surface area is 207 Å². The molecule has 3 N–H and O–H groups in total. The SMILES string of the molecule is CCOc1ccc(C2C3C(NNC3c3cc(C)ccc3O)C(=O)N2CCCOC(C)C)cc1OC. The number of benzene rings is 2. The van der Waals surface area contributed by atoms with Crippen LogP contribution in [0.25, 0.3) is 0 Å². The molecule has 2 fully saturated rings. The Morgan fingerprint density at radius 2 is 1.86 bits per heavy atom. The van der Waals surface area contributed by atoms with Gasteiger partial charge in [-0.25, -0.2) is 10.9 Å². The van der Waals surface area contributed by atoms with Gasteiger partial charge in [-0.1, -0.05) is 23.8 Å². The van der Waals surface area contributed by atoms with Crippen LogP contribution in [0.5, 0.6) is 17.2 Å². The van der Waals surface area contributed by atoms with Crippen LogP contribution in [0.15, 0.2) is 36.4 Å². The lowest BCUT2D eigenvalue weighted by atomic mass is 9.82. The van der Waals surface area contributed by atoms with E-state index in [1.54, 1.807) is 13.2 Å². The van der Waals surface area contributed by atoms with Crippen molar-refractivity contribution >= 4 is 5.91 Å². The number of rotatable bonds is 10. The number of likely N-dealkylation sites (tertiary alicyclic amines) is 1. The van der Waals surface area contributed by atoms with Gasteiger partial charge in [0.1, 0.15) is 11.8 Å². The molecular formula is C27H37N3O5. The number of carbonyl (C=O) groups excluding carboxylic acids is 1. The number of nitrogens with zero attached hydrogens (tertiary/aromatic N) is 1. The minimum Gasteiger partial charge on any atom is -0.508 e. The van der Waals surface area contributed by atoms with Gasteiger partial charge in [0.05, 0.1) is 31.9 Å². The summed E-state index contributed by atoms with van der Waals surface area (Å²) in [7, 11) is 1.62. The minimum absolute atomic E-state index is 0.0412. The molecule has 2 aromatic rings. The molecule has 4 atom stereocenters. The van der Waals surface area contributed by atoms with Gasteiger partial charge in [0.2, 0.25) is 5.91 Å². The first-order valence-corrected chi connectivity index (χ1v) is 12.4. The Morgan fingerprint density at radius 1 is 1.09 bits per heavy atom. The largest absolute Gasteiger partial charge is 0.508 e. The van der Waals surface area contributed by atoms with Crippen molar-refractivity contribution in [3.63, 3.8) is 0 Å². The third kappa shape index (κ3) is 5.10. The number of amides is 1. The number of methoxy groups -OCH3 is 1. The highest BCUT2D eigenvalue weighted by atomic mass is 16.5. The van der Waals surface area contributed by atoms with Crippen molar-refractivity contribution in [1.29, 1.82) is 0 Å². The van der Waals surface area contributed by atoms with Gasteiger partial charge in [-0.3, -0.25) is 4.79 Å². The van der Waals surface area contributed by atoms with Gasteiger partial charge in [0.25, 0.3) is 0 Å². The normalized spacial score (nSPS) is 23.7. The molecule has 0 spiro atoms. The third-order valence-corrected chi connectivity index (χ3v) is 6.76. The van der Waals surface area contributed by atoms with E-state index >= 15 is 0 Å². The fourth-order valence-corrected chi connectivity index (χ4v) is 5.24. The lowest BCUT2D eigenvalue weighted by molar-refractivity contribution is -0.131. The molecule has 2 aliphatic heterocycles. The van der Waals surface area contributed by atoms with Crippen LogP contribution in [0.2, 0.25) is 0 Å². The predicted molar refractivity (Wildman–Crippen MR) is 133 cm³/mol. The molecule has 0 aliphatic carbocycles. The average Bonchev–Trinajstić information content (AvgIpc) is 3.37. The van der Waals surface area contributed by atoms with Gasteiger partial charge in [-0.2, -0.15) is 0 Å². The molecule has 2 saturated heterocycles. The zero-order chi connectivity index (χ0) is 25.1. The molecule has 1 amide bonds. The van der Waals surface area contributed by atoms with Crippen LogP contribution in [0.1, 0.15) is 56.0 Å². The Balaban J connectivity index is 1.72. The number of hydrogen-bond donors (Lipinski definition) is 3. The summed E-state index contributed by atoms with van der Waals surface area (Å²) in [4.78, 5) is 15.6. The number of nitrogens with one attached hydrogen (secondary N) is 2. The highest BCUT2D eigenvalue weighted by molar-refractivity contribution is 5.86. The molecular weight excluding hydrogens is 446 g/mol. The number of ether oxygens (including phenoxy) is 3. The Morgan fingerprint density at radius 3 is 2.57 bits per heavy atom. The van der Waals surface area contributed by atoms with Crippen molar-refractivity contribution in [3.05, 3.63) is 53.1 Å². The zero-order valence-electron chi connectivity index (χ0n) is 21.2. The van der Waals surface area contributed by atoms with E-state index in [0.29, 0.717) is 31.3 Å². The molecule has 2 heterocycles. The second kappa shape index (κ2) is 10.8. The van der Waals surface area contributed by atoms with E-state index in [1.807, 2.05) is 62.9 Å². The topological polar surface area (TPSA) is 92.3 Å². The molecule has 8 heteroatoms. The highest BCUT2D eigenvalue weighted by Gasteiger charge is 2.55. The molecule has 35 heavy (non-hydrogen) atoms. The van der Waals surface area contributed by atoms with Crippen molar-refractivity contribution < 1.29 is 24.1 Å². The maximum absolute atomic E-state index is 13.6. The number of phenolic OH excluding ortho intramolecular Hbond substituents is 1. The Kier molecular flexibility index (Phi) is 7.84. The van der Waals surface area contributed by atoms with Crippen LogP contribution in [-0.4, -0.2) is 54.9 Å². The average molecular weight is 484 g/mol. The van der Waals surface area contributed by atoms with Gasteiger partial charge in [0.15, 0.2) is 11.5 Å². The second-order valence-corrected chi connectivity index (χ2v) is 9.48. The highest BCUT2D eigenvalue weighted by Crippen LogP contribution is 2.49. The number of aromatic hydroxyl groups is 1. The van der Waals surface area contributed by atoms with Crippen LogP contribution in [-0.2, 0) is 9.53 Å². The monoisotopic (exact) mass is 483 g/mol. The van der Waals surface area contributed by atoms with E-state index in [9.17, 15) is 9.90 Å². The van der Waals surface area contributed by atoms with Crippen molar-refractivity contribution in [1.82, 2.24) is 15.8 Å². The van der Waals surface area contributed by atoms with Crippen LogP contribution < -0.4 is 20.3 Å². The van der Waals surface area contributed by atoms with Gasteiger partial charge < -0.3 is 24.2 Å². The van der Waals surface area contributed by atoms with Crippen molar-refractivity contribution in [3.8, 4) is 17.2 Å². The van der Waals surface area contributed by atoms with Crippen LogP contribution >= 0.6 is 0 Å². The van der Waals surface area contributed by atoms with Crippen LogP contribution in [0.4, 0.5) is 0 Å². The van der Waals surface area contributed by atoms with E-state index in [0.717, 1.165) is 23.1 Å². The molecule has 190 valence electrons. The maximum atomic E-state index is 13.6. The van der Waals surface area contributed by atoms with E-state index in [4.69, 9.17) is 14.2 Å². The summed E-state index contributed by atoms with van der Waals surface area (Å²) in [6.07, 6.45) is 0.885. The predicted octanol–water partition coefficient (Wildman–Crippen LogP) is 3.64. The maximum Gasteiger partial charge on any atom is 0.242 e. The van der Waals surface area contributed by atoms with Crippen LogP contribution in [0.3, 0.4) is 0 Å². The summed E-state index contributed by atoms with van der Waals surface area (Å²) < 4.78 is 17.1. The minimum atomic E-state index is -0.409. The van der Waals surface area contributed by atoms with E-state index in [1.165, 1.54) is 0 Å². The van der Waals surface area contributed by atoms with Crippen molar-refractivity contribution in [2.24, 2.45) is 5.92 Å². The van der Waals surface area contributed by atoms with Crippen molar-refractivity contribution in [2.45, 2.75) is 58.3 Å². The van der Waals surface area contributed by atoms with Crippen LogP contribution in [0, 0.1) is 12.8 Å². The van der Waals surface area contributed by atoms with Gasteiger partial charge in [-0.15, -0.1) is 0 Å². The van der Waals surface area contributed by atoms with Gasteiger partial charge in [0, 0.05) is 24.6 Å². The summed E-state index contributed by atoms with van der Waals surface area (Å²) in [5.74, 6) is 1.43. The van der Waals surface area contributed by atoms with E-state index < -0.39 is 6.04 Å². The summed E-state index contributed by atoms with van der Waals surface area (Å²) in [6, 6.07) is 10.6. The summed E-state index contributed by atoms with van der Waals surface area (Å²) in [5, 5.41) is 10.7. The Hall–Kier alpha value is -2.81. The summed E-state index contributed by atoms with van der Waals surface area (Å²) >= 11 is 0. The fraction of sp³-hybridized carbons (Fsp3) is 0.519. The van der Waals surface area contributed by atoms with Crippen molar-refractivity contribution in [2.75, 3.05) is 26.9 Å². The lowest BCUT2D eigenvalue weighted by Gasteiger charge is -2.32. The molecule has 4 rings (SSSR count). The lowest BCUT2D eigenvalue weighted by Crippen LogP contribution is -2.41. The number of aryl methyl sites for hydroxylation is 1. The molecule has 2 aromatic carbocycles. The molecule has 8 nitrogen and oxygen atoms in total. The molecule has 0 radical (unpaired) electrons. The number of hydrogen-bond acceptors (Lipinski definition) is 7. The first-order valence-electron chi connectivity index (χ1n) is 12.4. The van der Waals surface area contributed by atoms with E-state index in [2.05, 4.69) is 10.9 Å². The summed E-state index contributed by atoms with van der Waals surface area (Å²) in [5.41, 5.74) is 9.33. The number of phenols is 1. The molecule has 0 saturated carbocycles. The smallest absolute Gasteiger partial charge is 0.242 e. The zero-order valence-corrected chi connectivity index (χ0v) is 21.2. The molecule has 0 aromatic heterocycles. The number of carbonyl (C=O) groups is 1. The second-order valence-electron chi connectivity index (χ2n) is 9.48. The number of hydrazine groups is 1. The fourth-order valence-electron chi connectivity index (χ4n) is 5.24. The first-order chi connectivity index (χ1) is 16.8. The third-order valence-electron chi connectivity index (χ3n) is 6.76. The molecule has 4 unspecified atom stereocenters. The number of fused-ring (bicyclic) bond motifs is 1.